The maximum absolute atomic E-state index is 12.4. The van der Waals surface area contributed by atoms with Gasteiger partial charge >= 0.3 is 5.97 Å². The maximum atomic E-state index is 12.4. The Balaban J connectivity index is 1.73. The van der Waals surface area contributed by atoms with Crippen LogP contribution in [-0.4, -0.2) is 17.0 Å². The molecular formula is C20H15Cl2NO4. The topological polar surface area (TPSA) is 79.5 Å². The van der Waals surface area contributed by atoms with Crippen molar-refractivity contribution in [2.24, 2.45) is 0 Å². The number of hydrogen-bond donors (Lipinski definition) is 2. The van der Waals surface area contributed by atoms with Crippen molar-refractivity contribution in [3.05, 3.63) is 76.0 Å². The molecule has 7 heteroatoms. The van der Waals surface area contributed by atoms with E-state index in [4.69, 9.17) is 32.7 Å². The van der Waals surface area contributed by atoms with Gasteiger partial charge in [0, 0.05) is 27.7 Å². The molecule has 0 aliphatic carbocycles. The lowest BCUT2D eigenvalue weighted by atomic mass is 10.1. The van der Waals surface area contributed by atoms with Crippen LogP contribution in [0.25, 0.3) is 11.3 Å². The van der Waals surface area contributed by atoms with Crippen molar-refractivity contribution in [1.82, 2.24) is 0 Å². The van der Waals surface area contributed by atoms with Gasteiger partial charge in [0.1, 0.15) is 5.76 Å². The first-order valence-electron chi connectivity index (χ1n) is 8.09. The monoisotopic (exact) mass is 403 g/mol. The molecule has 2 aromatic carbocycles. The zero-order valence-electron chi connectivity index (χ0n) is 14.0. The van der Waals surface area contributed by atoms with E-state index in [1.165, 1.54) is 0 Å². The lowest BCUT2D eigenvalue weighted by Gasteiger charge is -2.06. The van der Waals surface area contributed by atoms with Gasteiger partial charge in [0.15, 0.2) is 5.76 Å². The van der Waals surface area contributed by atoms with Crippen molar-refractivity contribution in [3.8, 4) is 11.3 Å². The molecule has 5 nitrogen and oxygen atoms in total. The molecule has 0 atom stereocenters. The van der Waals surface area contributed by atoms with Gasteiger partial charge in [-0.2, -0.15) is 0 Å². The third-order valence-corrected chi connectivity index (χ3v) is 4.23. The third-order valence-electron chi connectivity index (χ3n) is 3.79. The number of carboxylic acids is 1. The summed E-state index contributed by atoms with van der Waals surface area (Å²) in [5.41, 5.74) is 2.05. The van der Waals surface area contributed by atoms with Gasteiger partial charge in [0.25, 0.3) is 5.91 Å². The van der Waals surface area contributed by atoms with Crippen LogP contribution >= 0.6 is 23.2 Å². The fourth-order valence-electron chi connectivity index (χ4n) is 2.56. The Labute approximate surface area is 165 Å². The van der Waals surface area contributed by atoms with E-state index < -0.39 is 11.9 Å². The number of rotatable bonds is 6. The highest BCUT2D eigenvalue weighted by atomic mass is 35.5. The Bertz CT molecular complexity index is 977. The minimum Gasteiger partial charge on any atom is -0.481 e. The first-order valence-corrected chi connectivity index (χ1v) is 8.85. The second-order valence-electron chi connectivity index (χ2n) is 5.87. The van der Waals surface area contributed by atoms with Crippen LogP contribution in [-0.2, 0) is 11.2 Å². The highest BCUT2D eigenvalue weighted by molar-refractivity contribution is 6.35. The summed E-state index contributed by atoms with van der Waals surface area (Å²) in [6, 6.07) is 15.3. The number of benzene rings is 2. The smallest absolute Gasteiger partial charge is 0.303 e. The van der Waals surface area contributed by atoms with E-state index in [-0.39, 0.29) is 12.2 Å². The molecule has 0 aliphatic heterocycles. The SMILES string of the molecule is O=C(O)CCc1cccc(NC(=O)c2ccc(-c3cc(Cl)cc(Cl)c3)o2)c1. The number of aryl methyl sites for hydroxylation is 1. The van der Waals surface area contributed by atoms with Crippen molar-refractivity contribution in [2.75, 3.05) is 5.32 Å². The molecule has 0 saturated carbocycles. The fourth-order valence-corrected chi connectivity index (χ4v) is 3.09. The fraction of sp³-hybridized carbons (Fsp3) is 0.100. The summed E-state index contributed by atoms with van der Waals surface area (Å²) in [7, 11) is 0. The molecule has 0 radical (unpaired) electrons. The number of nitrogens with one attached hydrogen (secondary N) is 1. The summed E-state index contributed by atoms with van der Waals surface area (Å²) in [5.74, 6) is -0.671. The van der Waals surface area contributed by atoms with E-state index in [1.54, 1.807) is 48.5 Å². The number of carbonyl (C=O) groups is 2. The van der Waals surface area contributed by atoms with Crippen LogP contribution in [0.3, 0.4) is 0 Å². The third kappa shape index (κ3) is 5.12. The van der Waals surface area contributed by atoms with Crippen LogP contribution < -0.4 is 5.32 Å². The Morgan fingerprint density at radius 1 is 1.00 bits per heavy atom. The van der Waals surface area contributed by atoms with Crippen molar-refractivity contribution in [1.29, 1.82) is 0 Å². The van der Waals surface area contributed by atoms with Gasteiger partial charge in [-0.1, -0.05) is 35.3 Å². The second-order valence-corrected chi connectivity index (χ2v) is 6.74. The predicted molar refractivity (Wildman–Crippen MR) is 105 cm³/mol. The van der Waals surface area contributed by atoms with Crippen LogP contribution in [0.4, 0.5) is 5.69 Å². The molecule has 1 aromatic heterocycles. The predicted octanol–water partition coefficient (Wildman–Crippen LogP) is 5.52. The van der Waals surface area contributed by atoms with E-state index in [9.17, 15) is 9.59 Å². The number of carboxylic acid groups (broad SMARTS) is 1. The second kappa shape index (κ2) is 8.29. The van der Waals surface area contributed by atoms with Crippen molar-refractivity contribution in [3.63, 3.8) is 0 Å². The zero-order valence-corrected chi connectivity index (χ0v) is 15.6. The van der Waals surface area contributed by atoms with Crippen molar-refractivity contribution < 1.29 is 19.1 Å². The maximum Gasteiger partial charge on any atom is 0.303 e. The number of furan rings is 1. The molecule has 0 fully saturated rings. The molecule has 3 aromatic rings. The van der Waals surface area contributed by atoms with Crippen LogP contribution in [0.1, 0.15) is 22.5 Å². The molecule has 1 heterocycles. The summed E-state index contributed by atoms with van der Waals surface area (Å²) < 4.78 is 5.62. The largest absolute Gasteiger partial charge is 0.481 e. The number of aliphatic carboxylic acids is 1. The number of hydrogen-bond acceptors (Lipinski definition) is 3. The molecule has 0 saturated heterocycles. The highest BCUT2D eigenvalue weighted by Crippen LogP contribution is 2.29. The summed E-state index contributed by atoms with van der Waals surface area (Å²) in [6.45, 7) is 0. The van der Waals surface area contributed by atoms with Crippen molar-refractivity contribution >= 4 is 40.8 Å². The Hall–Kier alpha value is -2.76. The molecule has 3 rings (SSSR count). The van der Waals surface area contributed by atoms with E-state index in [0.717, 1.165) is 5.56 Å². The summed E-state index contributed by atoms with van der Waals surface area (Å²) >= 11 is 12.0. The average Bonchev–Trinajstić information content (AvgIpc) is 3.10. The van der Waals surface area contributed by atoms with Crippen LogP contribution in [0.5, 0.6) is 0 Å². The number of halogens is 2. The van der Waals surface area contributed by atoms with Gasteiger partial charge in [-0.25, -0.2) is 0 Å². The summed E-state index contributed by atoms with van der Waals surface area (Å²) in [6.07, 6.45) is 0.417. The van der Waals surface area contributed by atoms with Crippen molar-refractivity contribution in [2.45, 2.75) is 12.8 Å². The molecule has 27 heavy (non-hydrogen) atoms. The average molecular weight is 404 g/mol. The summed E-state index contributed by atoms with van der Waals surface area (Å²) in [4.78, 5) is 23.1. The van der Waals surface area contributed by atoms with Gasteiger partial charge in [0.2, 0.25) is 0 Å². The van der Waals surface area contributed by atoms with Gasteiger partial charge < -0.3 is 14.8 Å². The molecule has 1 amide bonds. The van der Waals surface area contributed by atoms with E-state index in [1.807, 2.05) is 6.07 Å². The van der Waals surface area contributed by atoms with Gasteiger partial charge in [0.05, 0.1) is 0 Å². The molecule has 0 bridgehead atoms. The Morgan fingerprint density at radius 3 is 2.44 bits per heavy atom. The van der Waals surface area contributed by atoms with Gasteiger partial charge in [-0.3, -0.25) is 9.59 Å². The van der Waals surface area contributed by atoms with Gasteiger partial charge in [-0.05, 0) is 54.4 Å². The van der Waals surface area contributed by atoms with E-state index >= 15 is 0 Å². The van der Waals surface area contributed by atoms with E-state index in [2.05, 4.69) is 5.32 Å². The Kier molecular flexibility index (Phi) is 5.84. The molecule has 0 spiro atoms. The van der Waals surface area contributed by atoms with Crippen LogP contribution in [0, 0.1) is 0 Å². The van der Waals surface area contributed by atoms with Crippen LogP contribution in [0.2, 0.25) is 10.0 Å². The number of amides is 1. The van der Waals surface area contributed by atoms with E-state index in [0.29, 0.717) is 33.5 Å². The Morgan fingerprint density at radius 2 is 1.74 bits per heavy atom. The normalized spacial score (nSPS) is 10.6. The molecule has 138 valence electrons. The molecule has 2 N–H and O–H groups in total. The number of anilines is 1. The quantitative estimate of drug-likeness (QED) is 0.567. The standard InChI is InChI=1S/C20H15Cl2NO4/c21-14-9-13(10-15(22)11-14)17-5-6-18(27-17)20(26)23-16-3-1-2-12(8-16)4-7-19(24)25/h1-3,5-6,8-11H,4,7H2,(H,23,26)(H,24,25). The molecule has 0 aliphatic rings. The first-order chi connectivity index (χ1) is 12.9. The summed E-state index contributed by atoms with van der Waals surface area (Å²) in [5, 5.41) is 12.5. The van der Waals surface area contributed by atoms with Crippen LogP contribution in [0.15, 0.2) is 59.0 Å². The lowest BCUT2D eigenvalue weighted by molar-refractivity contribution is -0.136. The first kappa shape index (κ1) is 19.0. The number of carbonyl (C=O) groups excluding carboxylic acids is 1. The highest BCUT2D eigenvalue weighted by Gasteiger charge is 2.13. The minimum atomic E-state index is -0.867. The molecule has 0 unspecified atom stereocenters. The zero-order chi connectivity index (χ0) is 19.4. The molecular weight excluding hydrogens is 389 g/mol. The lowest BCUT2D eigenvalue weighted by Crippen LogP contribution is -2.11. The van der Waals surface area contributed by atoms with Gasteiger partial charge in [-0.15, -0.1) is 0 Å². The minimum absolute atomic E-state index is 0.0289.